The summed E-state index contributed by atoms with van der Waals surface area (Å²) in [5.41, 5.74) is 1.65. The van der Waals surface area contributed by atoms with Crippen molar-refractivity contribution in [1.29, 1.82) is 0 Å². The Bertz CT molecular complexity index is 742. The standard InChI is InChI=1S/C17H20N4O3/c1-12-10-16(21(19-12)14-6-4-3-5-7-14)18-17(23)15-11-20(13(2)22)8-9-24-15/h3-7,10,15H,8-9,11H2,1-2H3,(H,18,23). The molecule has 1 atom stereocenters. The Morgan fingerprint density at radius 2 is 2.04 bits per heavy atom. The fraction of sp³-hybridized carbons (Fsp3) is 0.353. The van der Waals surface area contributed by atoms with E-state index < -0.39 is 6.10 Å². The number of para-hydroxylation sites is 1. The van der Waals surface area contributed by atoms with Gasteiger partial charge in [-0.15, -0.1) is 0 Å². The van der Waals surface area contributed by atoms with Crippen LogP contribution in [0.15, 0.2) is 36.4 Å². The SMILES string of the molecule is CC(=O)N1CCOC(C(=O)Nc2cc(C)nn2-c2ccccc2)C1. The van der Waals surface area contributed by atoms with Gasteiger partial charge in [-0.25, -0.2) is 4.68 Å². The number of hydrogen-bond acceptors (Lipinski definition) is 4. The van der Waals surface area contributed by atoms with Crippen molar-refractivity contribution in [2.45, 2.75) is 20.0 Å². The smallest absolute Gasteiger partial charge is 0.256 e. The van der Waals surface area contributed by atoms with Crippen molar-refractivity contribution in [1.82, 2.24) is 14.7 Å². The van der Waals surface area contributed by atoms with Gasteiger partial charge in [0.1, 0.15) is 5.82 Å². The van der Waals surface area contributed by atoms with Crippen LogP contribution in [0.5, 0.6) is 0 Å². The number of benzene rings is 1. The van der Waals surface area contributed by atoms with Gasteiger partial charge >= 0.3 is 0 Å². The first-order valence-corrected chi connectivity index (χ1v) is 7.84. The van der Waals surface area contributed by atoms with Crippen LogP contribution < -0.4 is 5.32 Å². The molecule has 1 aromatic carbocycles. The maximum absolute atomic E-state index is 12.5. The number of aryl methyl sites for hydroxylation is 1. The fourth-order valence-corrected chi connectivity index (χ4v) is 2.66. The lowest BCUT2D eigenvalue weighted by Crippen LogP contribution is -2.49. The van der Waals surface area contributed by atoms with E-state index in [0.717, 1.165) is 11.4 Å². The van der Waals surface area contributed by atoms with Crippen molar-refractivity contribution in [3.63, 3.8) is 0 Å². The van der Waals surface area contributed by atoms with E-state index in [0.29, 0.717) is 19.0 Å². The maximum atomic E-state index is 12.5. The van der Waals surface area contributed by atoms with Crippen LogP contribution in [0.4, 0.5) is 5.82 Å². The van der Waals surface area contributed by atoms with Gasteiger partial charge in [0, 0.05) is 19.5 Å². The molecule has 1 N–H and O–H groups in total. The predicted molar refractivity (Wildman–Crippen MR) is 88.9 cm³/mol. The number of rotatable bonds is 3. The molecule has 1 saturated heterocycles. The Labute approximate surface area is 140 Å². The number of nitrogens with zero attached hydrogens (tertiary/aromatic N) is 3. The third-order valence-electron chi connectivity index (χ3n) is 3.89. The summed E-state index contributed by atoms with van der Waals surface area (Å²) in [5.74, 6) is 0.242. The number of ether oxygens (including phenoxy) is 1. The Hall–Kier alpha value is -2.67. The summed E-state index contributed by atoms with van der Waals surface area (Å²) in [6.07, 6.45) is -0.679. The van der Waals surface area contributed by atoms with E-state index in [1.165, 1.54) is 6.92 Å². The molecule has 1 aliphatic rings. The molecule has 2 heterocycles. The van der Waals surface area contributed by atoms with Crippen LogP contribution in [0.3, 0.4) is 0 Å². The molecular formula is C17H20N4O3. The van der Waals surface area contributed by atoms with Crippen molar-refractivity contribution in [3.05, 3.63) is 42.1 Å². The van der Waals surface area contributed by atoms with Gasteiger partial charge in [-0.05, 0) is 19.1 Å². The molecule has 1 unspecified atom stereocenters. The third kappa shape index (κ3) is 3.46. The van der Waals surface area contributed by atoms with Crippen LogP contribution >= 0.6 is 0 Å². The third-order valence-corrected chi connectivity index (χ3v) is 3.89. The molecule has 126 valence electrons. The second-order valence-corrected chi connectivity index (χ2v) is 5.73. The predicted octanol–water partition coefficient (Wildman–Crippen LogP) is 1.37. The van der Waals surface area contributed by atoms with Gasteiger partial charge in [0.25, 0.3) is 5.91 Å². The minimum Gasteiger partial charge on any atom is -0.365 e. The highest BCUT2D eigenvalue weighted by atomic mass is 16.5. The van der Waals surface area contributed by atoms with E-state index in [9.17, 15) is 9.59 Å². The van der Waals surface area contributed by atoms with E-state index in [2.05, 4.69) is 10.4 Å². The Morgan fingerprint density at radius 1 is 1.29 bits per heavy atom. The van der Waals surface area contributed by atoms with Gasteiger partial charge in [0.05, 0.1) is 24.5 Å². The summed E-state index contributed by atoms with van der Waals surface area (Å²) < 4.78 is 7.19. The lowest BCUT2D eigenvalue weighted by molar-refractivity contribution is -0.143. The first-order valence-electron chi connectivity index (χ1n) is 7.84. The molecule has 0 saturated carbocycles. The van der Waals surface area contributed by atoms with Crippen molar-refractivity contribution < 1.29 is 14.3 Å². The molecule has 1 fully saturated rings. The molecule has 1 aromatic heterocycles. The Kier molecular flexibility index (Phi) is 4.61. The van der Waals surface area contributed by atoms with Crippen molar-refractivity contribution in [2.24, 2.45) is 0 Å². The van der Waals surface area contributed by atoms with Gasteiger partial charge in [-0.1, -0.05) is 18.2 Å². The summed E-state index contributed by atoms with van der Waals surface area (Å²) in [5, 5.41) is 7.28. The van der Waals surface area contributed by atoms with E-state index in [1.807, 2.05) is 37.3 Å². The van der Waals surface area contributed by atoms with E-state index in [-0.39, 0.29) is 18.4 Å². The highest BCUT2D eigenvalue weighted by Gasteiger charge is 2.28. The quantitative estimate of drug-likeness (QED) is 0.923. The van der Waals surface area contributed by atoms with Crippen molar-refractivity contribution in [3.8, 4) is 5.69 Å². The van der Waals surface area contributed by atoms with Crippen LogP contribution in [0.2, 0.25) is 0 Å². The average Bonchev–Trinajstić information content (AvgIpc) is 2.96. The highest BCUT2D eigenvalue weighted by molar-refractivity contribution is 5.94. The van der Waals surface area contributed by atoms with Crippen LogP contribution in [-0.4, -0.2) is 52.3 Å². The van der Waals surface area contributed by atoms with E-state index in [1.54, 1.807) is 15.6 Å². The molecule has 1 aliphatic heterocycles. The van der Waals surface area contributed by atoms with Crippen LogP contribution in [0, 0.1) is 6.92 Å². The second kappa shape index (κ2) is 6.84. The van der Waals surface area contributed by atoms with Crippen molar-refractivity contribution in [2.75, 3.05) is 25.0 Å². The Morgan fingerprint density at radius 3 is 2.75 bits per heavy atom. The minimum absolute atomic E-state index is 0.0544. The summed E-state index contributed by atoms with van der Waals surface area (Å²) in [4.78, 5) is 25.6. The number of aromatic nitrogens is 2. The summed E-state index contributed by atoms with van der Waals surface area (Å²) in [6, 6.07) is 11.4. The molecule has 0 bridgehead atoms. The zero-order chi connectivity index (χ0) is 17.1. The number of carbonyl (C=O) groups excluding carboxylic acids is 2. The lowest BCUT2D eigenvalue weighted by Gasteiger charge is -2.31. The first-order chi connectivity index (χ1) is 11.5. The summed E-state index contributed by atoms with van der Waals surface area (Å²) in [6.45, 7) is 4.49. The number of nitrogens with one attached hydrogen (secondary N) is 1. The molecule has 7 heteroatoms. The topological polar surface area (TPSA) is 76.5 Å². The van der Waals surface area contributed by atoms with Crippen molar-refractivity contribution >= 4 is 17.6 Å². The maximum Gasteiger partial charge on any atom is 0.256 e. The number of morpholine rings is 1. The second-order valence-electron chi connectivity index (χ2n) is 5.73. The van der Waals surface area contributed by atoms with E-state index >= 15 is 0 Å². The lowest BCUT2D eigenvalue weighted by atomic mass is 10.2. The summed E-state index contributed by atoms with van der Waals surface area (Å²) in [7, 11) is 0. The number of amides is 2. The molecule has 24 heavy (non-hydrogen) atoms. The highest BCUT2D eigenvalue weighted by Crippen LogP contribution is 2.18. The molecule has 2 aromatic rings. The molecule has 0 radical (unpaired) electrons. The number of anilines is 1. The largest absolute Gasteiger partial charge is 0.365 e. The molecule has 0 aliphatic carbocycles. The average molecular weight is 328 g/mol. The first kappa shape index (κ1) is 16.2. The molecule has 3 rings (SSSR count). The molecule has 0 spiro atoms. The minimum atomic E-state index is -0.679. The fourth-order valence-electron chi connectivity index (χ4n) is 2.66. The molecule has 7 nitrogen and oxygen atoms in total. The monoisotopic (exact) mass is 328 g/mol. The van der Waals surface area contributed by atoms with Gasteiger partial charge in [-0.2, -0.15) is 5.10 Å². The van der Waals surface area contributed by atoms with Gasteiger partial charge in [-0.3, -0.25) is 9.59 Å². The molecule has 2 amide bonds. The van der Waals surface area contributed by atoms with Gasteiger partial charge in [0.15, 0.2) is 6.10 Å². The normalized spacial score (nSPS) is 17.6. The van der Waals surface area contributed by atoms with Gasteiger partial charge in [0.2, 0.25) is 5.91 Å². The van der Waals surface area contributed by atoms with Crippen LogP contribution in [0.25, 0.3) is 5.69 Å². The molecular weight excluding hydrogens is 308 g/mol. The van der Waals surface area contributed by atoms with Crippen LogP contribution in [-0.2, 0) is 14.3 Å². The zero-order valence-electron chi connectivity index (χ0n) is 13.7. The number of carbonyl (C=O) groups is 2. The zero-order valence-corrected chi connectivity index (χ0v) is 13.7. The van der Waals surface area contributed by atoms with Gasteiger partial charge < -0.3 is 15.0 Å². The van der Waals surface area contributed by atoms with Crippen LogP contribution in [0.1, 0.15) is 12.6 Å². The van der Waals surface area contributed by atoms with E-state index in [4.69, 9.17) is 4.74 Å². The number of hydrogen-bond donors (Lipinski definition) is 1. The Balaban J connectivity index is 1.76. The summed E-state index contributed by atoms with van der Waals surface area (Å²) >= 11 is 0.